The van der Waals surface area contributed by atoms with Crippen LogP contribution in [0, 0.1) is 0 Å². The number of carbonyl (C=O) groups is 5. The summed E-state index contributed by atoms with van der Waals surface area (Å²) in [5.41, 5.74) is 10.8. The summed E-state index contributed by atoms with van der Waals surface area (Å²) in [5, 5.41) is 35.1. The van der Waals surface area contributed by atoms with Crippen molar-refractivity contribution >= 4 is 29.6 Å². The lowest BCUT2D eigenvalue weighted by Gasteiger charge is -2.25. The van der Waals surface area contributed by atoms with E-state index in [9.17, 15) is 39.3 Å². The number of hydrogen-bond acceptors (Lipinski definition) is 8. The van der Waals surface area contributed by atoms with Gasteiger partial charge >= 0.3 is 5.97 Å². The number of rotatable bonds is 12. The maximum absolute atomic E-state index is 12.6. The number of phenols is 1. The molecule has 10 N–H and O–H groups in total. The van der Waals surface area contributed by atoms with Gasteiger partial charge in [0.05, 0.1) is 19.1 Å². The van der Waals surface area contributed by atoms with Gasteiger partial charge in [-0.05, 0) is 24.6 Å². The molecular formula is C19H27N5O8. The molecule has 32 heavy (non-hydrogen) atoms. The van der Waals surface area contributed by atoms with E-state index in [1.807, 2.05) is 0 Å². The predicted molar refractivity (Wildman–Crippen MR) is 110 cm³/mol. The van der Waals surface area contributed by atoms with Crippen molar-refractivity contribution in [1.82, 2.24) is 16.0 Å². The van der Waals surface area contributed by atoms with Crippen LogP contribution in [0.5, 0.6) is 5.75 Å². The monoisotopic (exact) mass is 453 g/mol. The van der Waals surface area contributed by atoms with E-state index in [2.05, 4.69) is 16.0 Å². The molecule has 1 aromatic carbocycles. The van der Waals surface area contributed by atoms with Crippen molar-refractivity contribution in [3.05, 3.63) is 29.8 Å². The first-order chi connectivity index (χ1) is 14.9. The first kappa shape index (κ1) is 26.3. The first-order valence-corrected chi connectivity index (χ1v) is 9.51. The third kappa shape index (κ3) is 8.57. The Morgan fingerprint density at radius 2 is 1.53 bits per heavy atom. The molecule has 176 valence electrons. The van der Waals surface area contributed by atoms with Crippen LogP contribution < -0.4 is 27.4 Å². The standard InChI is InChI=1S/C19H27N5O8/c1-9(25)16(24-15(28)8-20)18(30)22-12(7-14(21)27)17(29)23-13(19(31)32)6-10-2-4-11(26)5-3-10/h2-5,9,12-13,16,25-26H,6-8,20H2,1H3,(H2,21,27)(H,22,30)(H,23,29)(H,24,28)(H,31,32). The summed E-state index contributed by atoms with van der Waals surface area (Å²) in [6.45, 7) is 0.752. The smallest absolute Gasteiger partial charge is 0.326 e. The second-order valence-corrected chi connectivity index (χ2v) is 6.99. The summed E-state index contributed by atoms with van der Waals surface area (Å²) in [6.07, 6.45) is -2.19. The third-order valence-corrected chi connectivity index (χ3v) is 4.30. The highest BCUT2D eigenvalue weighted by atomic mass is 16.4. The summed E-state index contributed by atoms with van der Waals surface area (Å²) in [6, 6.07) is 1.14. The number of carboxylic acid groups (broad SMARTS) is 1. The van der Waals surface area contributed by atoms with Crippen molar-refractivity contribution in [2.24, 2.45) is 11.5 Å². The van der Waals surface area contributed by atoms with Gasteiger partial charge in [0.2, 0.25) is 23.6 Å². The minimum Gasteiger partial charge on any atom is -0.508 e. The number of benzene rings is 1. The molecule has 4 atom stereocenters. The normalized spacial score (nSPS) is 14.3. The van der Waals surface area contributed by atoms with Crippen molar-refractivity contribution in [3.8, 4) is 5.75 Å². The van der Waals surface area contributed by atoms with Crippen LogP contribution in [0.4, 0.5) is 0 Å². The molecule has 0 spiro atoms. The molecule has 0 aliphatic heterocycles. The molecule has 0 heterocycles. The molecule has 0 saturated carbocycles. The Hall–Kier alpha value is -3.71. The van der Waals surface area contributed by atoms with Gasteiger partial charge < -0.3 is 42.7 Å². The number of amides is 4. The maximum atomic E-state index is 12.6. The molecule has 13 heteroatoms. The minimum atomic E-state index is -1.57. The number of phenolic OH excluding ortho intramolecular Hbond substituents is 1. The van der Waals surface area contributed by atoms with Crippen molar-refractivity contribution < 1.29 is 39.3 Å². The molecule has 4 unspecified atom stereocenters. The maximum Gasteiger partial charge on any atom is 0.326 e. The number of carboxylic acids is 1. The average Bonchev–Trinajstić information content (AvgIpc) is 2.71. The molecule has 0 aromatic heterocycles. The zero-order valence-corrected chi connectivity index (χ0v) is 17.3. The number of aromatic hydroxyl groups is 1. The Bertz CT molecular complexity index is 843. The van der Waals surface area contributed by atoms with Gasteiger partial charge in [0.15, 0.2) is 0 Å². The van der Waals surface area contributed by atoms with Gasteiger partial charge in [0.25, 0.3) is 0 Å². The number of primary amides is 1. The molecule has 0 bridgehead atoms. The number of aliphatic hydroxyl groups is 1. The number of aliphatic hydroxyl groups excluding tert-OH is 1. The number of hydrogen-bond donors (Lipinski definition) is 8. The summed E-state index contributed by atoms with van der Waals surface area (Å²) in [5.74, 6) is -5.14. The fourth-order valence-corrected chi connectivity index (χ4v) is 2.65. The third-order valence-electron chi connectivity index (χ3n) is 4.30. The lowest BCUT2D eigenvalue weighted by atomic mass is 10.0. The van der Waals surface area contributed by atoms with Crippen LogP contribution in [0.25, 0.3) is 0 Å². The zero-order valence-electron chi connectivity index (χ0n) is 17.3. The molecular weight excluding hydrogens is 426 g/mol. The van der Waals surface area contributed by atoms with E-state index in [-0.39, 0.29) is 12.2 Å². The quantitative estimate of drug-likeness (QED) is 0.158. The van der Waals surface area contributed by atoms with Crippen molar-refractivity contribution in [3.63, 3.8) is 0 Å². The van der Waals surface area contributed by atoms with E-state index >= 15 is 0 Å². The molecule has 4 amide bonds. The Kier molecular flexibility index (Phi) is 10.1. The fourth-order valence-electron chi connectivity index (χ4n) is 2.65. The van der Waals surface area contributed by atoms with Gasteiger partial charge in [-0.1, -0.05) is 12.1 Å². The number of aliphatic carboxylic acids is 1. The largest absolute Gasteiger partial charge is 0.508 e. The van der Waals surface area contributed by atoms with Crippen LogP contribution >= 0.6 is 0 Å². The molecule has 0 saturated heterocycles. The minimum absolute atomic E-state index is 0.0247. The summed E-state index contributed by atoms with van der Waals surface area (Å²) in [7, 11) is 0. The zero-order chi connectivity index (χ0) is 24.4. The number of nitrogens with one attached hydrogen (secondary N) is 3. The van der Waals surface area contributed by atoms with Crippen molar-refractivity contribution in [1.29, 1.82) is 0 Å². The highest BCUT2D eigenvalue weighted by molar-refractivity contribution is 5.96. The SMILES string of the molecule is CC(O)C(NC(=O)CN)C(=O)NC(CC(N)=O)C(=O)NC(Cc1ccc(O)cc1)C(=O)O. The van der Waals surface area contributed by atoms with Gasteiger partial charge in [-0.25, -0.2) is 4.79 Å². The second kappa shape index (κ2) is 12.2. The molecule has 1 aromatic rings. The summed E-state index contributed by atoms with van der Waals surface area (Å²) in [4.78, 5) is 59.6. The molecule has 0 fully saturated rings. The van der Waals surface area contributed by atoms with Gasteiger partial charge in [-0.3, -0.25) is 19.2 Å². The van der Waals surface area contributed by atoms with Crippen LogP contribution in [0.3, 0.4) is 0 Å². The summed E-state index contributed by atoms with van der Waals surface area (Å²) < 4.78 is 0. The van der Waals surface area contributed by atoms with E-state index in [1.54, 1.807) is 0 Å². The van der Waals surface area contributed by atoms with E-state index in [0.29, 0.717) is 5.56 Å². The highest BCUT2D eigenvalue weighted by Crippen LogP contribution is 2.12. The van der Waals surface area contributed by atoms with E-state index in [0.717, 1.165) is 0 Å². The van der Waals surface area contributed by atoms with Gasteiger partial charge in [0, 0.05) is 6.42 Å². The number of carbonyl (C=O) groups excluding carboxylic acids is 4. The molecule has 0 radical (unpaired) electrons. The Labute approximate surface area is 183 Å². The number of nitrogens with two attached hydrogens (primary N) is 2. The first-order valence-electron chi connectivity index (χ1n) is 9.51. The highest BCUT2D eigenvalue weighted by Gasteiger charge is 2.32. The average molecular weight is 453 g/mol. The van der Waals surface area contributed by atoms with E-state index in [1.165, 1.54) is 31.2 Å². The molecule has 1 rings (SSSR count). The van der Waals surface area contributed by atoms with E-state index < -0.39 is 66.8 Å². The van der Waals surface area contributed by atoms with Crippen molar-refractivity contribution in [2.75, 3.05) is 6.54 Å². The second-order valence-electron chi connectivity index (χ2n) is 6.99. The molecule has 0 aliphatic rings. The lowest BCUT2D eigenvalue weighted by Crippen LogP contribution is -2.59. The van der Waals surface area contributed by atoms with Crippen LogP contribution in [0.15, 0.2) is 24.3 Å². The van der Waals surface area contributed by atoms with Crippen LogP contribution in [-0.2, 0) is 30.4 Å². The Balaban J connectivity index is 2.97. The molecule has 0 aliphatic carbocycles. The van der Waals surface area contributed by atoms with Crippen LogP contribution in [0.1, 0.15) is 18.9 Å². The van der Waals surface area contributed by atoms with Gasteiger partial charge in [-0.2, -0.15) is 0 Å². The molecule has 13 nitrogen and oxygen atoms in total. The topological polar surface area (TPSA) is 234 Å². The van der Waals surface area contributed by atoms with E-state index in [4.69, 9.17) is 11.5 Å². The van der Waals surface area contributed by atoms with Gasteiger partial charge in [0.1, 0.15) is 23.9 Å². The van der Waals surface area contributed by atoms with Gasteiger partial charge in [-0.15, -0.1) is 0 Å². The Morgan fingerprint density at radius 1 is 0.969 bits per heavy atom. The van der Waals surface area contributed by atoms with Crippen LogP contribution in [0.2, 0.25) is 0 Å². The summed E-state index contributed by atoms with van der Waals surface area (Å²) >= 11 is 0. The van der Waals surface area contributed by atoms with Crippen LogP contribution in [-0.4, -0.2) is 75.7 Å². The lowest BCUT2D eigenvalue weighted by molar-refractivity contribution is -0.142. The predicted octanol–water partition coefficient (Wildman–Crippen LogP) is -3.31. The Morgan fingerprint density at radius 3 is 2.00 bits per heavy atom. The fraction of sp³-hybridized carbons (Fsp3) is 0.421. The van der Waals surface area contributed by atoms with Crippen molar-refractivity contribution in [2.45, 2.75) is 44.0 Å².